The summed E-state index contributed by atoms with van der Waals surface area (Å²) in [5.74, 6) is 2.95. The SMILES string of the molecule is COc1cnc(C)cc1-c1nc(CC(C)C)nn1C1CCOC1. The van der Waals surface area contributed by atoms with Crippen molar-refractivity contribution in [1.29, 1.82) is 0 Å². The molecule has 1 aliphatic heterocycles. The van der Waals surface area contributed by atoms with E-state index in [-0.39, 0.29) is 6.04 Å². The second kappa shape index (κ2) is 6.66. The molecule has 0 amide bonds. The maximum Gasteiger partial charge on any atom is 0.162 e. The van der Waals surface area contributed by atoms with E-state index in [0.29, 0.717) is 12.5 Å². The van der Waals surface area contributed by atoms with Crippen molar-refractivity contribution in [2.75, 3.05) is 20.3 Å². The first-order chi connectivity index (χ1) is 11.1. The summed E-state index contributed by atoms with van der Waals surface area (Å²) in [6, 6.07) is 2.24. The van der Waals surface area contributed by atoms with Crippen molar-refractivity contribution in [3.63, 3.8) is 0 Å². The van der Waals surface area contributed by atoms with Crippen molar-refractivity contribution in [1.82, 2.24) is 19.7 Å². The Balaban J connectivity index is 2.09. The van der Waals surface area contributed by atoms with Gasteiger partial charge in [-0.1, -0.05) is 13.8 Å². The van der Waals surface area contributed by atoms with Gasteiger partial charge in [-0.25, -0.2) is 9.67 Å². The molecule has 1 fully saturated rings. The Kier molecular flexibility index (Phi) is 4.61. The van der Waals surface area contributed by atoms with E-state index in [4.69, 9.17) is 19.6 Å². The largest absolute Gasteiger partial charge is 0.494 e. The van der Waals surface area contributed by atoms with Gasteiger partial charge >= 0.3 is 0 Å². The van der Waals surface area contributed by atoms with Crippen molar-refractivity contribution in [3.05, 3.63) is 23.8 Å². The van der Waals surface area contributed by atoms with Crippen LogP contribution in [0.15, 0.2) is 12.3 Å². The lowest BCUT2D eigenvalue weighted by atomic mass is 10.1. The Hall–Kier alpha value is -1.95. The number of pyridine rings is 1. The van der Waals surface area contributed by atoms with Crippen LogP contribution in [0, 0.1) is 12.8 Å². The van der Waals surface area contributed by atoms with E-state index < -0.39 is 0 Å². The molecule has 23 heavy (non-hydrogen) atoms. The first-order valence-electron chi connectivity index (χ1n) is 8.12. The summed E-state index contributed by atoms with van der Waals surface area (Å²) in [5.41, 5.74) is 1.87. The molecule has 6 heteroatoms. The van der Waals surface area contributed by atoms with Crippen molar-refractivity contribution in [3.8, 4) is 17.1 Å². The van der Waals surface area contributed by atoms with Crippen LogP contribution in [-0.4, -0.2) is 40.1 Å². The lowest BCUT2D eigenvalue weighted by Crippen LogP contribution is -2.13. The zero-order valence-corrected chi connectivity index (χ0v) is 14.2. The highest BCUT2D eigenvalue weighted by Gasteiger charge is 2.25. The van der Waals surface area contributed by atoms with Crippen LogP contribution >= 0.6 is 0 Å². The number of ether oxygens (including phenoxy) is 2. The normalized spacial score (nSPS) is 17.9. The summed E-state index contributed by atoms with van der Waals surface area (Å²) in [6.07, 6.45) is 3.57. The van der Waals surface area contributed by atoms with Crippen LogP contribution in [0.5, 0.6) is 5.75 Å². The standard InChI is InChI=1S/C17H24N4O2/c1-11(2)7-16-19-17(21(20-16)13-5-6-23-10-13)14-8-12(3)18-9-15(14)22-4/h8-9,11,13H,5-7,10H2,1-4H3. The summed E-state index contributed by atoms with van der Waals surface area (Å²) in [4.78, 5) is 9.11. The number of hydrogen-bond acceptors (Lipinski definition) is 5. The number of hydrogen-bond donors (Lipinski definition) is 0. The van der Waals surface area contributed by atoms with E-state index in [1.165, 1.54) is 0 Å². The lowest BCUT2D eigenvalue weighted by molar-refractivity contribution is 0.184. The minimum atomic E-state index is 0.233. The number of nitrogens with zero attached hydrogens (tertiary/aromatic N) is 4. The highest BCUT2D eigenvalue weighted by atomic mass is 16.5. The molecule has 0 aromatic carbocycles. The van der Waals surface area contributed by atoms with Gasteiger partial charge < -0.3 is 9.47 Å². The third-order valence-corrected chi connectivity index (χ3v) is 3.98. The molecule has 3 heterocycles. The van der Waals surface area contributed by atoms with Crippen LogP contribution < -0.4 is 4.74 Å². The number of methoxy groups -OCH3 is 1. The quantitative estimate of drug-likeness (QED) is 0.849. The molecule has 6 nitrogen and oxygen atoms in total. The molecule has 1 atom stereocenters. The van der Waals surface area contributed by atoms with Gasteiger partial charge in [0.1, 0.15) is 5.75 Å². The fraction of sp³-hybridized carbons (Fsp3) is 0.588. The summed E-state index contributed by atoms with van der Waals surface area (Å²) in [6.45, 7) is 7.78. The van der Waals surface area contributed by atoms with Crippen LogP contribution in [-0.2, 0) is 11.2 Å². The van der Waals surface area contributed by atoms with Crippen LogP contribution in [0.4, 0.5) is 0 Å². The topological polar surface area (TPSA) is 62.1 Å². The Morgan fingerprint density at radius 2 is 2.26 bits per heavy atom. The van der Waals surface area contributed by atoms with Crippen molar-refractivity contribution >= 4 is 0 Å². The molecule has 0 spiro atoms. The summed E-state index contributed by atoms with van der Waals surface area (Å²) < 4.78 is 13.0. The predicted molar refractivity (Wildman–Crippen MR) is 87.6 cm³/mol. The molecule has 1 saturated heterocycles. The van der Waals surface area contributed by atoms with E-state index in [1.54, 1.807) is 13.3 Å². The highest BCUT2D eigenvalue weighted by molar-refractivity contribution is 5.64. The third-order valence-electron chi connectivity index (χ3n) is 3.98. The van der Waals surface area contributed by atoms with Crippen molar-refractivity contribution in [2.24, 2.45) is 5.92 Å². The minimum Gasteiger partial charge on any atom is -0.494 e. The van der Waals surface area contributed by atoms with Crippen molar-refractivity contribution in [2.45, 2.75) is 39.7 Å². The second-order valence-corrected chi connectivity index (χ2v) is 6.44. The van der Waals surface area contributed by atoms with Gasteiger partial charge in [-0.15, -0.1) is 0 Å². The van der Waals surface area contributed by atoms with E-state index in [1.807, 2.05) is 17.7 Å². The molecule has 3 rings (SSSR count). The summed E-state index contributed by atoms with van der Waals surface area (Å²) >= 11 is 0. The number of aryl methyl sites for hydroxylation is 1. The molecule has 1 aliphatic rings. The smallest absolute Gasteiger partial charge is 0.162 e. The lowest BCUT2D eigenvalue weighted by Gasteiger charge is -2.13. The molecule has 1 unspecified atom stereocenters. The van der Waals surface area contributed by atoms with Gasteiger partial charge in [0.05, 0.1) is 31.5 Å². The number of aromatic nitrogens is 4. The Labute approximate surface area is 136 Å². The second-order valence-electron chi connectivity index (χ2n) is 6.44. The molecule has 2 aromatic rings. The monoisotopic (exact) mass is 316 g/mol. The molecule has 0 aliphatic carbocycles. The first-order valence-corrected chi connectivity index (χ1v) is 8.12. The minimum absolute atomic E-state index is 0.233. The van der Waals surface area contributed by atoms with Gasteiger partial charge in [-0.3, -0.25) is 4.98 Å². The van der Waals surface area contributed by atoms with E-state index in [0.717, 1.165) is 48.1 Å². The van der Waals surface area contributed by atoms with Crippen LogP contribution in [0.2, 0.25) is 0 Å². The van der Waals surface area contributed by atoms with E-state index in [2.05, 4.69) is 18.8 Å². The third kappa shape index (κ3) is 3.37. The molecule has 2 aromatic heterocycles. The molecular weight excluding hydrogens is 292 g/mol. The predicted octanol–water partition coefficient (Wildman–Crippen LogP) is 2.82. The van der Waals surface area contributed by atoms with Crippen LogP contribution in [0.3, 0.4) is 0 Å². The average Bonchev–Trinajstić information content (AvgIpc) is 3.15. The van der Waals surface area contributed by atoms with E-state index in [9.17, 15) is 0 Å². The zero-order chi connectivity index (χ0) is 16.4. The maximum absolute atomic E-state index is 5.54. The summed E-state index contributed by atoms with van der Waals surface area (Å²) in [7, 11) is 1.66. The van der Waals surface area contributed by atoms with Crippen LogP contribution in [0.25, 0.3) is 11.4 Å². The van der Waals surface area contributed by atoms with Gasteiger partial charge in [0.2, 0.25) is 0 Å². The molecule has 124 valence electrons. The van der Waals surface area contributed by atoms with Gasteiger partial charge in [0.25, 0.3) is 0 Å². The Morgan fingerprint density at radius 1 is 1.43 bits per heavy atom. The van der Waals surface area contributed by atoms with Gasteiger partial charge in [0, 0.05) is 18.7 Å². The fourth-order valence-corrected chi connectivity index (χ4v) is 2.86. The van der Waals surface area contributed by atoms with Gasteiger partial charge in [-0.2, -0.15) is 5.10 Å². The number of rotatable bonds is 5. The Bertz CT molecular complexity index is 675. The van der Waals surface area contributed by atoms with E-state index >= 15 is 0 Å². The molecule has 0 saturated carbocycles. The molecule has 0 N–H and O–H groups in total. The first kappa shape index (κ1) is 15.9. The van der Waals surface area contributed by atoms with Crippen molar-refractivity contribution < 1.29 is 9.47 Å². The Morgan fingerprint density at radius 3 is 2.91 bits per heavy atom. The average molecular weight is 316 g/mol. The highest BCUT2D eigenvalue weighted by Crippen LogP contribution is 2.32. The van der Waals surface area contributed by atoms with Gasteiger partial charge in [0.15, 0.2) is 11.6 Å². The summed E-state index contributed by atoms with van der Waals surface area (Å²) in [5, 5.41) is 4.76. The zero-order valence-electron chi connectivity index (χ0n) is 14.2. The van der Waals surface area contributed by atoms with Crippen LogP contribution in [0.1, 0.15) is 37.8 Å². The van der Waals surface area contributed by atoms with Gasteiger partial charge in [-0.05, 0) is 25.3 Å². The molecular formula is C17H24N4O2. The molecule has 0 radical (unpaired) electrons. The maximum atomic E-state index is 5.54. The molecule has 0 bridgehead atoms. The fourth-order valence-electron chi connectivity index (χ4n) is 2.86.